The van der Waals surface area contributed by atoms with Crippen molar-refractivity contribution >= 4 is 21.4 Å². The normalized spacial score (nSPS) is 13.7. The summed E-state index contributed by atoms with van der Waals surface area (Å²) in [6.07, 6.45) is 2.46. The summed E-state index contributed by atoms with van der Waals surface area (Å²) >= 11 is 5.84. The molecule has 0 saturated heterocycles. The summed E-state index contributed by atoms with van der Waals surface area (Å²) in [6.45, 7) is 0. The molecule has 1 aromatic rings. The van der Waals surface area contributed by atoms with Crippen molar-refractivity contribution in [3.8, 4) is 0 Å². The van der Waals surface area contributed by atoms with Crippen LogP contribution in [0.25, 0.3) is 0 Å². The van der Waals surface area contributed by atoms with Crippen LogP contribution in [-0.4, -0.2) is 20.4 Å². The van der Waals surface area contributed by atoms with E-state index in [0.29, 0.717) is 17.9 Å². The molecule has 0 spiro atoms. The van der Waals surface area contributed by atoms with Gasteiger partial charge in [0.15, 0.2) is 0 Å². The minimum atomic E-state index is -2.89. The van der Waals surface area contributed by atoms with E-state index in [1.165, 1.54) is 6.26 Å². The highest BCUT2D eigenvalue weighted by Crippen LogP contribution is 2.19. The Morgan fingerprint density at radius 1 is 1.44 bits per heavy atom. The summed E-state index contributed by atoms with van der Waals surface area (Å²) in [7, 11) is -2.89. The first-order valence-electron chi connectivity index (χ1n) is 5.07. The van der Waals surface area contributed by atoms with Crippen LogP contribution in [0.5, 0.6) is 0 Å². The molecule has 0 aliphatic rings. The Bertz CT molecular complexity index is 445. The fraction of sp³-hybridized carbons (Fsp3) is 0.455. The zero-order valence-electron chi connectivity index (χ0n) is 9.19. The number of nitrogens with two attached hydrogens (primary N) is 1. The minimum absolute atomic E-state index is 0.152. The van der Waals surface area contributed by atoms with Crippen molar-refractivity contribution in [3.05, 3.63) is 34.9 Å². The van der Waals surface area contributed by atoms with Gasteiger partial charge in [-0.3, -0.25) is 0 Å². The van der Waals surface area contributed by atoms with Crippen molar-refractivity contribution in [3.63, 3.8) is 0 Å². The lowest BCUT2D eigenvalue weighted by atomic mass is 10.0. The SMILES string of the molecule is CS(=O)(=O)CCCC(N)c1cccc(Cl)c1. The van der Waals surface area contributed by atoms with Crippen molar-refractivity contribution in [2.75, 3.05) is 12.0 Å². The first-order valence-corrected chi connectivity index (χ1v) is 7.51. The average Bonchev–Trinajstić information content (AvgIpc) is 2.15. The maximum absolute atomic E-state index is 10.9. The van der Waals surface area contributed by atoms with Crippen LogP contribution in [0.15, 0.2) is 24.3 Å². The number of hydrogen-bond acceptors (Lipinski definition) is 3. The monoisotopic (exact) mass is 261 g/mol. The fourth-order valence-corrected chi connectivity index (χ4v) is 2.36. The van der Waals surface area contributed by atoms with Crippen molar-refractivity contribution in [2.24, 2.45) is 5.73 Å². The zero-order chi connectivity index (χ0) is 12.2. The third kappa shape index (κ3) is 4.96. The van der Waals surface area contributed by atoms with E-state index in [1.807, 2.05) is 18.2 Å². The number of halogens is 1. The molecule has 1 unspecified atom stereocenters. The molecule has 0 amide bonds. The van der Waals surface area contributed by atoms with Crippen molar-refractivity contribution in [1.82, 2.24) is 0 Å². The Hall–Kier alpha value is -0.580. The minimum Gasteiger partial charge on any atom is -0.324 e. The maximum atomic E-state index is 10.9. The van der Waals surface area contributed by atoms with Gasteiger partial charge in [-0.2, -0.15) is 0 Å². The van der Waals surface area contributed by atoms with Crippen LogP contribution in [-0.2, 0) is 9.84 Å². The molecule has 16 heavy (non-hydrogen) atoms. The molecule has 0 aliphatic carbocycles. The van der Waals surface area contributed by atoms with E-state index in [-0.39, 0.29) is 11.8 Å². The predicted octanol–water partition coefficient (Wildman–Crippen LogP) is 2.16. The maximum Gasteiger partial charge on any atom is 0.147 e. The van der Waals surface area contributed by atoms with Gasteiger partial charge in [-0.25, -0.2) is 8.42 Å². The number of rotatable bonds is 5. The molecular formula is C11H16ClNO2S. The van der Waals surface area contributed by atoms with E-state index < -0.39 is 9.84 Å². The molecule has 0 radical (unpaired) electrons. The topological polar surface area (TPSA) is 60.2 Å². The predicted molar refractivity (Wildman–Crippen MR) is 67.3 cm³/mol. The van der Waals surface area contributed by atoms with Crippen LogP contribution in [0.1, 0.15) is 24.4 Å². The van der Waals surface area contributed by atoms with Crippen LogP contribution < -0.4 is 5.73 Å². The molecule has 1 rings (SSSR count). The fourth-order valence-electron chi connectivity index (χ4n) is 1.47. The summed E-state index contributed by atoms with van der Waals surface area (Å²) in [5.74, 6) is 0.182. The second kappa shape index (κ2) is 5.66. The van der Waals surface area contributed by atoms with Crippen molar-refractivity contribution < 1.29 is 8.42 Å². The van der Waals surface area contributed by atoms with Gasteiger partial charge in [-0.15, -0.1) is 0 Å². The number of hydrogen-bond donors (Lipinski definition) is 1. The highest BCUT2D eigenvalue weighted by molar-refractivity contribution is 7.90. The summed E-state index contributed by atoms with van der Waals surface area (Å²) in [5.41, 5.74) is 6.89. The lowest BCUT2D eigenvalue weighted by Crippen LogP contribution is -2.12. The summed E-state index contributed by atoms with van der Waals surface area (Å²) in [4.78, 5) is 0. The Morgan fingerprint density at radius 3 is 2.69 bits per heavy atom. The second-order valence-electron chi connectivity index (χ2n) is 3.93. The summed E-state index contributed by atoms with van der Waals surface area (Å²) in [5, 5.41) is 0.649. The molecular weight excluding hydrogens is 246 g/mol. The van der Waals surface area contributed by atoms with Gasteiger partial charge in [-0.1, -0.05) is 23.7 Å². The Morgan fingerprint density at radius 2 is 2.12 bits per heavy atom. The van der Waals surface area contributed by atoms with E-state index in [1.54, 1.807) is 6.07 Å². The largest absolute Gasteiger partial charge is 0.324 e. The third-order valence-electron chi connectivity index (χ3n) is 2.31. The van der Waals surface area contributed by atoms with Gasteiger partial charge >= 0.3 is 0 Å². The first kappa shape index (κ1) is 13.5. The molecule has 0 aromatic heterocycles. The van der Waals surface area contributed by atoms with Gasteiger partial charge < -0.3 is 5.73 Å². The molecule has 2 N–H and O–H groups in total. The Balaban J connectivity index is 2.50. The van der Waals surface area contributed by atoms with Gasteiger partial charge in [0.25, 0.3) is 0 Å². The lowest BCUT2D eigenvalue weighted by molar-refractivity contribution is 0.588. The summed E-state index contributed by atoms with van der Waals surface area (Å²) in [6, 6.07) is 7.19. The van der Waals surface area contributed by atoms with E-state index in [4.69, 9.17) is 17.3 Å². The molecule has 0 fully saturated rings. The van der Waals surface area contributed by atoms with Gasteiger partial charge in [0.05, 0.1) is 0 Å². The van der Waals surface area contributed by atoms with Gasteiger partial charge in [-0.05, 0) is 30.5 Å². The molecule has 1 atom stereocenters. The summed E-state index contributed by atoms with van der Waals surface area (Å²) < 4.78 is 21.9. The molecule has 0 heterocycles. The molecule has 0 saturated carbocycles. The standard InChI is InChI=1S/C11H16ClNO2S/c1-16(14,15)7-3-6-11(13)9-4-2-5-10(12)8-9/h2,4-5,8,11H,3,6-7,13H2,1H3. The van der Waals surface area contributed by atoms with Gasteiger partial charge in [0.1, 0.15) is 9.84 Å². The molecule has 3 nitrogen and oxygen atoms in total. The molecule has 0 bridgehead atoms. The van der Waals surface area contributed by atoms with E-state index in [0.717, 1.165) is 5.56 Å². The van der Waals surface area contributed by atoms with Crippen LogP contribution in [0.4, 0.5) is 0 Å². The van der Waals surface area contributed by atoms with Crippen molar-refractivity contribution in [1.29, 1.82) is 0 Å². The Kier molecular flexibility index (Phi) is 4.77. The van der Waals surface area contributed by atoms with Crippen LogP contribution in [0.3, 0.4) is 0 Å². The first-order chi connectivity index (χ1) is 7.38. The number of benzene rings is 1. The van der Waals surface area contributed by atoms with Gasteiger partial charge in [0.2, 0.25) is 0 Å². The molecule has 90 valence electrons. The lowest BCUT2D eigenvalue weighted by Gasteiger charge is -2.11. The van der Waals surface area contributed by atoms with E-state index >= 15 is 0 Å². The zero-order valence-corrected chi connectivity index (χ0v) is 10.8. The third-order valence-corrected chi connectivity index (χ3v) is 3.57. The molecule has 1 aromatic carbocycles. The van der Waals surface area contributed by atoms with Crippen LogP contribution in [0, 0.1) is 0 Å². The quantitative estimate of drug-likeness (QED) is 0.884. The number of sulfone groups is 1. The average molecular weight is 262 g/mol. The van der Waals surface area contributed by atoms with Crippen molar-refractivity contribution in [2.45, 2.75) is 18.9 Å². The van der Waals surface area contributed by atoms with Crippen LogP contribution >= 0.6 is 11.6 Å². The molecule has 5 heteroatoms. The van der Waals surface area contributed by atoms with Crippen LogP contribution in [0.2, 0.25) is 5.02 Å². The molecule has 0 aliphatic heterocycles. The van der Waals surface area contributed by atoms with E-state index in [2.05, 4.69) is 0 Å². The van der Waals surface area contributed by atoms with Gasteiger partial charge in [0, 0.05) is 23.1 Å². The highest BCUT2D eigenvalue weighted by atomic mass is 35.5. The Labute approximate surface area is 102 Å². The highest BCUT2D eigenvalue weighted by Gasteiger charge is 2.08. The van der Waals surface area contributed by atoms with E-state index in [9.17, 15) is 8.42 Å². The second-order valence-corrected chi connectivity index (χ2v) is 6.63. The smallest absolute Gasteiger partial charge is 0.147 e.